The van der Waals surface area contributed by atoms with Crippen LogP contribution in [-0.4, -0.2) is 49.7 Å². The third-order valence-corrected chi connectivity index (χ3v) is 7.63. The van der Waals surface area contributed by atoms with Crippen molar-refractivity contribution >= 4 is 15.9 Å². The Hall–Kier alpha value is -2.22. The zero-order valence-corrected chi connectivity index (χ0v) is 16.6. The molecule has 2 aromatic carbocycles. The number of carbonyl (C=O) groups excluding carboxylic acids is 1. The summed E-state index contributed by atoms with van der Waals surface area (Å²) in [6, 6.07) is 14.4. The molecular formula is C21H25N3O3S. The topological polar surface area (TPSA) is 83.7 Å². The van der Waals surface area contributed by atoms with Gasteiger partial charge in [-0.25, -0.2) is 8.42 Å². The molecule has 28 heavy (non-hydrogen) atoms. The maximum Gasteiger partial charge on any atom is 0.243 e. The van der Waals surface area contributed by atoms with Gasteiger partial charge in [0.1, 0.15) is 6.04 Å². The quantitative estimate of drug-likeness (QED) is 0.830. The van der Waals surface area contributed by atoms with Crippen LogP contribution in [0.4, 0.5) is 0 Å². The Labute approximate surface area is 166 Å². The zero-order chi connectivity index (χ0) is 19.7. The lowest BCUT2D eigenvalue weighted by Crippen LogP contribution is -2.51. The monoisotopic (exact) mass is 399 g/mol. The molecule has 148 valence electrons. The first-order valence-corrected chi connectivity index (χ1v) is 11.1. The van der Waals surface area contributed by atoms with Crippen molar-refractivity contribution in [1.29, 1.82) is 0 Å². The van der Waals surface area contributed by atoms with Gasteiger partial charge in [0, 0.05) is 26.2 Å². The van der Waals surface area contributed by atoms with Crippen LogP contribution in [0.15, 0.2) is 53.4 Å². The number of sulfonamides is 1. The Bertz CT molecular complexity index is 968. The molecule has 2 aliphatic rings. The molecule has 6 nitrogen and oxygen atoms in total. The molecule has 1 aliphatic heterocycles. The number of nitrogens with two attached hydrogens (primary N) is 1. The molecule has 1 heterocycles. The van der Waals surface area contributed by atoms with Crippen molar-refractivity contribution in [1.82, 2.24) is 9.21 Å². The van der Waals surface area contributed by atoms with Crippen molar-refractivity contribution in [3.05, 3.63) is 65.2 Å². The fourth-order valence-electron chi connectivity index (χ4n) is 4.25. The predicted octanol–water partition coefficient (Wildman–Crippen LogP) is 1.71. The number of aryl methyl sites for hydroxylation is 2. The highest BCUT2D eigenvalue weighted by molar-refractivity contribution is 7.89. The fourth-order valence-corrected chi connectivity index (χ4v) is 5.72. The molecule has 2 N–H and O–H groups in total. The summed E-state index contributed by atoms with van der Waals surface area (Å²) >= 11 is 0. The number of primary amides is 1. The van der Waals surface area contributed by atoms with E-state index in [2.05, 4.69) is 0 Å². The van der Waals surface area contributed by atoms with Crippen LogP contribution in [0.2, 0.25) is 0 Å². The van der Waals surface area contributed by atoms with Gasteiger partial charge >= 0.3 is 0 Å². The smallest absolute Gasteiger partial charge is 0.243 e. The fraction of sp³-hybridized carbons (Fsp3) is 0.381. The second-order valence-corrected chi connectivity index (χ2v) is 9.38. The summed E-state index contributed by atoms with van der Waals surface area (Å²) in [7, 11) is -3.53. The van der Waals surface area contributed by atoms with Crippen molar-refractivity contribution in [3.63, 3.8) is 0 Å². The molecule has 0 aromatic heterocycles. The number of hydrogen-bond donors (Lipinski definition) is 1. The van der Waals surface area contributed by atoms with Crippen LogP contribution in [0.1, 0.15) is 29.2 Å². The third-order valence-electron chi connectivity index (χ3n) is 5.73. The molecule has 4 rings (SSSR count). The number of hydrogen-bond acceptors (Lipinski definition) is 4. The minimum atomic E-state index is -3.53. The van der Waals surface area contributed by atoms with Gasteiger partial charge < -0.3 is 5.73 Å². The Kier molecular flexibility index (Phi) is 5.23. The normalized spacial score (nSPS) is 19.3. The van der Waals surface area contributed by atoms with E-state index < -0.39 is 22.0 Å². The molecule has 7 heteroatoms. The van der Waals surface area contributed by atoms with E-state index >= 15 is 0 Å². The van der Waals surface area contributed by atoms with Crippen LogP contribution in [0.25, 0.3) is 0 Å². The average Bonchev–Trinajstić information content (AvgIpc) is 3.17. The van der Waals surface area contributed by atoms with Crippen LogP contribution in [-0.2, 0) is 27.7 Å². The highest BCUT2D eigenvalue weighted by Crippen LogP contribution is 2.28. The van der Waals surface area contributed by atoms with E-state index in [9.17, 15) is 13.2 Å². The predicted molar refractivity (Wildman–Crippen MR) is 107 cm³/mol. The molecule has 1 saturated heterocycles. The highest BCUT2D eigenvalue weighted by atomic mass is 32.2. The molecule has 1 aliphatic carbocycles. The first-order valence-electron chi connectivity index (χ1n) is 9.67. The van der Waals surface area contributed by atoms with Crippen LogP contribution in [0, 0.1) is 0 Å². The lowest BCUT2D eigenvalue weighted by molar-refractivity contribution is -0.124. The minimum absolute atomic E-state index is 0.343. The Balaban J connectivity index is 1.49. The van der Waals surface area contributed by atoms with Crippen molar-refractivity contribution in [2.24, 2.45) is 5.73 Å². The summed E-state index contributed by atoms with van der Waals surface area (Å²) in [5.41, 5.74) is 8.90. The molecule has 1 fully saturated rings. The number of amides is 1. The van der Waals surface area contributed by atoms with Crippen LogP contribution in [0.3, 0.4) is 0 Å². The Morgan fingerprint density at radius 2 is 1.61 bits per heavy atom. The highest BCUT2D eigenvalue weighted by Gasteiger charge is 2.33. The van der Waals surface area contributed by atoms with Crippen LogP contribution < -0.4 is 5.73 Å². The van der Waals surface area contributed by atoms with Gasteiger partial charge in [-0.05, 0) is 48.1 Å². The van der Waals surface area contributed by atoms with E-state index in [1.54, 1.807) is 6.07 Å². The number of nitrogens with zero attached hydrogens (tertiary/aromatic N) is 2. The number of fused-ring (bicyclic) bond motifs is 1. The van der Waals surface area contributed by atoms with E-state index in [0.717, 1.165) is 30.4 Å². The summed E-state index contributed by atoms with van der Waals surface area (Å²) < 4.78 is 27.7. The van der Waals surface area contributed by atoms with E-state index in [0.29, 0.717) is 31.1 Å². The molecule has 0 saturated carbocycles. The number of carbonyl (C=O) groups is 1. The summed E-state index contributed by atoms with van der Waals surface area (Å²) in [4.78, 5) is 14.4. The molecule has 0 spiro atoms. The maximum atomic E-state index is 13.1. The standard InChI is InChI=1S/C21H25N3O3S/c22-21(25)20(17-5-2-1-3-6-17)23-11-13-24(14-12-23)28(26,27)19-10-9-16-7-4-8-18(16)15-19/h1-3,5-6,9-10,15,20H,4,7-8,11-14H2,(H2,22,25). The van der Waals surface area contributed by atoms with Gasteiger partial charge in [-0.3, -0.25) is 9.69 Å². The number of piperazine rings is 1. The zero-order valence-electron chi connectivity index (χ0n) is 15.8. The first-order chi connectivity index (χ1) is 13.5. The summed E-state index contributed by atoms with van der Waals surface area (Å²) in [5, 5.41) is 0. The van der Waals surface area contributed by atoms with Crippen molar-refractivity contribution in [2.75, 3.05) is 26.2 Å². The molecule has 1 amide bonds. The van der Waals surface area contributed by atoms with Crippen molar-refractivity contribution in [3.8, 4) is 0 Å². The second-order valence-electron chi connectivity index (χ2n) is 7.44. The van der Waals surface area contributed by atoms with Crippen LogP contribution in [0.5, 0.6) is 0 Å². The van der Waals surface area contributed by atoms with Gasteiger partial charge in [-0.1, -0.05) is 36.4 Å². The van der Waals surface area contributed by atoms with Gasteiger partial charge in [0.05, 0.1) is 4.90 Å². The third kappa shape index (κ3) is 3.57. The largest absolute Gasteiger partial charge is 0.368 e. The molecular weight excluding hydrogens is 374 g/mol. The summed E-state index contributed by atoms with van der Waals surface area (Å²) in [6.45, 7) is 1.62. The van der Waals surface area contributed by atoms with Gasteiger partial charge in [0.2, 0.25) is 15.9 Å². The molecule has 0 bridgehead atoms. The lowest BCUT2D eigenvalue weighted by Gasteiger charge is -2.37. The number of benzene rings is 2. The molecule has 1 unspecified atom stereocenters. The van der Waals surface area contributed by atoms with Gasteiger partial charge in [0.15, 0.2) is 0 Å². The minimum Gasteiger partial charge on any atom is -0.368 e. The van der Waals surface area contributed by atoms with Crippen molar-refractivity contribution in [2.45, 2.75) is 30.2 Å². The Morgan fingerprint density at radius 3 is 2.29 bits per heavy atom. The Morgan fingerprint density at radius 1 is 0.929 bits per heavy atom. The average molecular weight is 400 g/mol. The second kappa shape index (κ2) is 7.66. The molecule has 1 atom stereocenters. The van der Waals surface area contributed by atoms with Gasteiger partial charge in [0.25, 0.3) is 0 Å². The molecule has 2 aromatic rings. The first kappa shape index (κ1) is 19.1. The van der Waals surface area contributed by atoms with E-state index in [4.69, 9.17) is 5.73 Å². The summed E-state index contributed by atoms with van der Waals surface area (Å²) in [6.07, 6.45) is 3.07. The van der Waals surface area contributed by atoms with E-state index in [-0.39, 0.29) is 0 Å². The SMILES string of the molecule is NC(=O)C(c1ccccc1)N1CCN(S(=O)(=O)c2ccc3c(c2)CCC3)CC1. The number of rotatable bonds is 5. The maximum absolute atomic E-state index is 13.1. The van der Waals surface area contributed by atoms with Crippen molar-refractivity contribution < 1.29 is 13.2 Å². The molecule has 0 radical (unpaired) electrons. The van der Waals surface area contributed by atoms with E-state index in [1.165, 1.54) is 9.87 Å². The van der Waals surface area contributed by atoms with Gasteiger partial charge in [-0.15, -0.1) is 0 Å². The summed E-state index contributed by atoms with van der Waals surface area (Å²) in [5.74, 6) is -0.416. The van der Waals surface area contributed by atoms with E-state index in [1.807, 2.05) is 47.4 Å². The van der Waals surface area contributed by atoms with Gasteiger partial charge in [-0.2, -0.15) is 4.31 Å². The lowest BCUT2D eigenvalue weighted by atomic mass is 10.0. The van der Waals surface area contributed by atoms with Crippen LogP contribution >= 0.6 is 0 Å².